The van der Waals surface area contributed by atoms with E-state index in [4.69, 9.17) is 4.74 Å². The molecular weight excluding hydrogens is 351 g/mol. The molecule has 0 bridgehead atoms. The van der Waals surface area contributed by atoms with Crippen LogP contribution in [0.5, 0.6) is 0 Å². The highest BCUT2D eigenvalue weighted by molar-refractivity contribution is 5.89. The van der Waals surface area contributed by atoms with Crippen LogP contribution in [0, 0.1) is 10.1 Å². The van der Waals surface area contributed by atoms with Crippen molar-refractivity contribution in [3.63, 3.8) is 0 Å². The summed E-state index contributed by atoms with van der Waals surface area (Å²) in [5.74, 6) is -0.525. The third kappa shape index (κ3) is 3.84. The van der Waals surface area contributed by atoms with E-state index in [2.05, 4.69) is 0 Å². The van der Waals surface area contributed by atoms with Gasteiger partial charge in [-0.1, -0.05) is 12.1 Å². The minimum absolute atomic E-state index is 0.0481. The van der Waals surface area contributed by atoms with Crippen molar-refractivity contribution >= 4 is 11.7 Å². The number of ether oxygens (including phenoxy) is 1. The average molecular weight is 365 g/mol. The van der Waals surface area contributed by atoms with E-state index in [-0.39, 0.29) is 23.3 Å². The Labute approximate surface area is 146 Å². The van der Waals surface area contributed by atoms with Gasteiger partial charge < -0.3 is 4.74 Å². The molecule has 0 heterocycles. The van der Waals surface area contributed by atoms with Crippen LogP contribution < -0.4 is 0 Å². The summed E-state index contributed by atoms with van der Waals surface area (Å²) in [5, 5.41) is 10.6. The van der Waals surface area contributed by atoms with Gasteiger partial charge in [0, 0.05) is 12.1 Å². The lowest BCUT2D eigenvalue weighted by atomic mass is 9.77. The summed E-state index contributed by atoms with van der Waals surface area (Å²) < 4.78 is 43.0. The van der Waals surface area contributed by atoms with Crippen LogP contribution in [0.25, 0.3) is 0 Å². The van der Waals surface area contributed by atoms with Crippen LogP contribution in [0.3, 0.4) is 0 Å². The zero-order valence-electron chi connectivity index (χ0n) is 13.4. The number of halogens is 3. The predicted molar refractivity (Wildman–Crippen MR) is 85.7 cm³/mol. The minimum Gasteiger partial charge on any atom is -0.459 e. The molecule has 0 spiro atoms. The van der Waals surface area contributed by atoms with Gasteiger partial charge in [0.15, 0.2) is 0 Å². The smallest absolute Gasteiger partial charge is 0.416 e. The third-order valence-corrected chi connectivity index (χ3v) is 4.39. The minimum atomic E-state index is -4.36. The van der Waals surface area contributed by atoms with Crippen LogP contribution in [0.1, 0.15) is 40.2 Å². The van der Waals surface area contributed by atoms with Crippen LogP contribution >= 0.6 is 0 Å². The molecule has 5 nitrogen and oxygen atoms in total. The zero-order chi connectivity index (χ0) is 18.9. The lowest BCUT2D eigenvalue weighted by Crippen LogP contribution is -2.32. The van der Waals surface area contributed by atoms with Crippen LogP contribution in [0.4, 0.5) is 18.9 Å². The van der Waals surface area contributed by atoms with Crippen molar-refractivity contribution in [2.45, 2.75) is 31.0 Å². The molecule has 1 aliphatic carbocycles. The Morgan fingerprint density at radius 3 is 2.12 bits per heavy atom. The monoisotopic (exact) mass is 365 g/mol. The molecule has 0 N–H and O–H groups in total. The number of esters is 1. The van der Waals surface area contributed by atoms with E-state index < -0.39 is 22.6 Å². The van der Waals surface area contributed by atoms with Crippen LogP contribution in [0.2, 0.25) is 0 Å². The lowest BCUT2D eigenvalue weighted by Gasteiger charge is -2.35. The van der Waals surface area contributed by atoms with E-state index in [1.165, 1.54) is 36.4 Å². The largest absolute Gasteiger partial charge is 0.459 e. The number of alkyl halides is 3. The number of nitro benzene ring substituents is 1. The van der Waals surface area contributed by atoms with Gasteiger partial charge in [-0.2, -0.15) is 13.2 Å². The first-order valence-corrected chi connectivity index (χ1v) is 7.86. The molecule has 0 atom stereocenters. The summed E-state index contributed by atoms with van der Waals surface area (Å²) >= 11 is 0. The number of rotatable bonds is 4. The number of nitro groups is 1. The molecule has 2 aromatic rings. The average Bonchev–Trinajstić information content (AvgIpc) is 2.57. The van der Waals surface area contributed by atoms with Crippen LogP contribution in [-0.2, 0) is 10.9 Å². The molecule has 0 aliphatic heterocycles. The Balaban J connectivity index is 1.53. The molecule has 0 amide bonds. The Hall–Kier alpha value is -2.90. The van der Waals surface area contributed by atoms with E-state index in [0.29, 0.717) is 12.8 Å². The second kappa shape index (κ2) is 6.78. The molecule has 1 saturated carbocycles. The molecule has 1 aliphatic rings. The van der Waals surface area contributed by atoms with Crippen molar-refractivity contribution < 1.29 is 27.6 Å². The first-order valence-electron chi connectivity index (χ1n) is 7.86. The van der Waals surface area contributed by atoms with Crippen molar-refractivity contribution in [3.8, 4) is 0 Å². The Bertz CT molecular complexity index is 810. The van der Waals surface area contributed by atoms with Gasteiger partial charge >= 0.3 is 12.1 Å². The molecule has 2 aromatic carbocycles. The number of carbonyl (C=O) groups excluding carboxylic acids is 1. The molecule has 0 radical (unpaired) electrons. The Kier molecular flexibility index (Phi) is 4.67. The maximum absolute atomic E-state index is 12.6. The highest BCUT2D eigenvalue weighted by Gasteiger charge is 2.35. The number of hydrogen-bond donors (Lipinski definition) is 0. The van der Waals surface area contributed by atoms with Gasteiger partial charge in [-0.3, -0.25) is 10.1 Å². The fraction of sp³-hybridized carbons (Fsp3) is 0.278. The summed E-state index contributed by atoms with van der Waals surface area (Å²) in [6, 6.07) is 10.1. The molecular formula is C18H14F3NO4. The predicted octanol–water partition coefficient (Wildman–Crippen LogP) is 4.72. The van der Waals surface area contributed by atoms with E-state index in [0.717, 1.165) is 17.7 Å². The van der Waals surface area contributed by atoms with Crippen molar-refractivity contribution in [2.75, 3.05) is 0 Å². The first kappa shape index (κ1) is 17.9. The Morgan fingerprint density at radius 2 is 1.62 bits per heavy atom. The fourth-order valence-electron chi connectivity index (χ4n) is 2.82. The summed E-state index contributed by atoms with van der Waals surface area (Å²) in [7, 11) is 0. The maximum Gasteiger partial charge on any atom is 0.416 e. The van der Waals surface area contributed by atoms with Gasteiger partial charge in [0.25, 0.3) is 5.69 Å². The number of carbonyl (C=O) groups is 1. The quantitative estimate of drug-likeness (QED) is 0.447. The molecule has 0 saturated heterocycles. The van der Waals surface area contributed by atoms with Gasteiger partial charge in [0.1, 0.15) is 6.10 Å². The molecule has 136 valence electrons. The second-order valence-electron chi connectivity index (χ2n) is 6.12. The molecule has 8 heteroatoms. The second-order valence-corrected chi connectivity index (χ2v) is 6.12. The SMILES string of the molecule is O=C(O[C@H]1C[C@H](c2ccc(C(F)(F)F)cc2)C1)c1ccc([N+](=O)[O-])cc1. The first-order chi connectivity index (χ1) is 12.2. The van der Waals surface area contributed by atoms with E-state index >= 15 is 0 Å². The molecule has 3 rings (SSSR count). The van der Waals surface area contributed by atoms with Crippen LogP contribution in [0.15, 0.2) is 48.5 Å². The summed E-state index contributed by atoms with van der Waals surface area (Å²) in [5.41, 5.74) is 0.184. The van der Waals surface area contributed by atoms with Gasteiger partial charge in [0.2, 0.25) is 0 Å². The number of non-ortho nitro benzene ring substituents is 1. The Morgan fingerprint density at radius 1 is 1.04 bits per heavy atom. The molecule has 0 aromatic heterocycles. The number of benzene rings is 2. The normalized spacial score (nSPS) is 19.5. The van der Waals surface area contributed by atoms with Gasteiger partial charge in [0.05, 0.1) is 16.1 Å². The third-order valence-electron chi connectivity index (χ3n) is 4.39. The van der Waals surface area contributed by atoms with Crippen molar-refractivity contribution in [2.24, 2.45) is 0 Å². The standard InChI is InChI=1S/C18H14F3NO4/c19-18(20,21)14-5-1-11(2-6-14)13-9-16(10-13)26-17(23)12-3-7-15(8-4-12)22(24)25/h1-8,13,16H,9-10H2/t13-,16-. The van der Waals surface area contributed by atoms with Crippen LogP contribution in [-0.4, -0.2) is 17.0 Å². The summed E-state index contributed by atoms with van der Waals surface area (Å²) in [6.07, 6.45) is -3.61. The van der Waals surface area contributed by atoms with E-state index in [1.807, 2.05) is 0 Å². The fourth-order valence-corrected chi connectivity index (χ4v) is 2.82. The van der Waals surface area contributed by atoms with Crippen molar-refractivity contribution in [1.82, 2.24) is 0 Å². The van der Waals surface area contributed by atoms with E-state index in [9.17, 15) is 28.1 Å². The number of nitrogens with zero attached hydrogens (tertiary/aromatic N) is 1. The van der Waals surface area contributed by atoms with Gasteiger partial charge in [-0.15, -0.1) is 0 Å². The van der Waals surface area contributed by atoms with Crippen molar-refractivity contribution in [3.05, 3.63) is 75.3 Å². The molecule has 1 fully saturated rings. The summed E-state index contributed by atoms with van der Waals surface area (Å²) in [6.45, 7) is 0. The lowest BCUT2D eigenvalue weighted by molar-refractivity contribution is -0.384. The van der Waals surface area contributed by atoms with E-state index in [1.54, 1.807) is 0 Å². The summed E-state index contributed by atoms with van der Waals surface area (Å²) in [4.78, 5) is 22.0. The van der Waals surface area contributed by atoms with Gasteiger partial charge in [-0.05, 0) is 48.6 Å². The molecule has 0 unspecified atom stereocenters. The molecule has 26 heavy (non-hydrogen) atoms. The zero-order valence-corrected chi connectivity index (χ0v) is 13.4. The van der Waals surface area contributed by atoms with Gasteiger partial charge in [-0.25, -0.2) is 4.79 Å². The number of hydrogen-bond acceptors (Lipinski definition) is 4. The highest BCUT2D eigenvalue weighted by atomic mass is 19.4. The highest BCUT2D eigenvalue weighted by Crippen LogP contribution is 2.40. The van der Waals surface area contributed by atoms with Crippen molar-refractivity contribution in [1.29, 1.82) is 0 Å². The maximum atomic E-state index is 12.6. The topological polar surface area (TPSA) is 69.4 Å².